The summed E-state index contributed by atoms with van der Waals surface area (Å²) in [5.41, 5.74) is -1.73. The molecule has 0 aromatic rings. The van der Waals surface area contributed by atoms with Crippen LogP contribution in [0.1, 0.15) is 103 Å². The molecule has 0 aromatic carbocycles. The zero-order valence-corrected chi connectivity index (χ0v) is 17.4. The van der Waals surface area contributed by atoms with Crippen LogP contribution < -0.4 is 0 Å². The van der Waals surface area contributed by atoms with E-state index in [0.717, 1.165) is 12.8 Å². The van der Waals surface area contributed by atoms with E-state index in [1.54, 1.807) is 0 Å². The Morgan fingerprint density at radius 3 is 1.69 bits per heavy atom. The average molecular weight is 375 g/mol. The van der Waals surface area contributed by atoms with E-state index < -0.39 is 16.4 Å². The average Bonchev–Trinajstić information content (AvgIpc) is 2.35. The lowest BCUT2D eigenvalue weighted by molar-refractivity contribution is -0.174. The number of carbonyl (C=O) groups is 2. The number of ether oxygens (including phenoxy) is 2. The predicted octanol–water partition coefficient (Wildman–Crippen LogP) is 6.41. The van der Waals surface area contributed by atoms with Gasteiger partial charge in [-0.3, -0.25) is 9.59 Å². The summed E-state index contributed by atoms with van der Waals surface area (Å²) < 4.78 is 11.5. The first-order chi connectivity index (χ1) is 10.6. The minimum atomic E-state index is -0.680. The number of esters is 2. The summed E-state index contributed by atoms with van der Waals surface area (Å²) in [6, 6.07) is 0. The van der Waals surface area contributed by atoms with Gasteiger partial charge in [-0.1, -0.05) is 35.6 Å². The van der Waals surface area contributed by atoms with Gasteiger partial charge >= 0.3 is 11.9 Å². The van der Waals surface area contributed by atoms with Crippen LogP contribution in [0.4, 0.5) is 0 Å². The molecule has 0 N–H and O–H groups in total. The van der Waals surface area contributed by atoms with E-state index in [0.29, 0.717) is 12.3 Å². The number of carbonyl (C=O) groups excluding carboxylic acids is 2. The molecule has 26 heavy (non-hydrogen) atoms. The zero-order chi connectivity index (χ0) is 19.3. The van der Waals surface area contributed by atoms with Crippen molar-refractivity contribution in [1.29, 1.82) is 0 Å². The fourth-order valence-corrected chi connectivity index (χ4v) is 2.15. The van der Waals surface area contributed by atoms with Crippen LogP contribution in [-0.4, -0.2) is 23.6 Å². The van der Waals surface area contributed by atoms with Gasteiger partial charge in [0.25, 0.3) is 0 Å². The van der Waals surface area contributed by atoms with Crippen LogP contribution in [-0.2, 0) is 19.1 Å². The minimum absolute atomic E-state index is 0. The lowest BCUT2D eigenvalue weighted by Crippen LogP contribution is -2.39. The highest BCUT2D eigenvalue weighted by Crippen LogP contribution is 2.29. The van der Waals surface area contributed by atoms with Gasteiger partial charge in [-0.15, -0.1) is 0 Å². The molecule has 158 valence electrons. The van der Waals surface area contributed by atoms with E-state index in [9.17, 15) is 9.59 Å². The van der Waals surface area contributed by atoms with E-state index in [2.05, 4.69) is 13.8 Å². The van der Waals surface area contributed by atoms with Crippen LogP contribution in [0, 0.1) is 16.7 Å². The molecule has 0 saturated heterocycles. The molecule has 0 saturated carbocycles. The topological polar surface area (TPSA) is 52.6 Å². The van der Waals surface area contributed by atoms with Crippen molar-refractivity contribution < 1.29 is 19.1 Å². The highest BCUT2D eigenvalue weighted by Gasteiger charge is 2.36. The van der Waals surface area contributed by atoms with Crippen molar-refractivity contribution in [2.75, 3.05) is 0 Å². The molecule has 4 heteroatoms. The van der Waals surface area contributed by atoms with Crippen LogP contribution in [0.2, 0.25) is 0 Å². The van der Waals surface area contributed by atoms with Gasteiger partial charge in [-0.2, -0.15) is 0 Å². The molecule has 0 bridgehead atoms. The van der Waals surface area contributed by atoms with Crippen molar-refractivity contribution in [1.82, 2.24) is 0 Å². The first-order valence-electron chi connectivity index (χ1n) is 9.05. The van der Waals surface area contributed by atoms with Crippen molar-refractivity contribution in [2.24, 2.45) is 16.7 Å². The van der Waals surface area contributed by atoms with Crippen molar-refractivity contribution in [3.63, 3.8) is 0 Å². The summed E-state index contributed by atoms with van der Waals surface area (Å²) in [5.74, 6) is -0.0359. The smallest absolute Gasteiger partial charge is 0.311 e. The third kappa shape index (κ3) is 10.8. The summed E-state index contributed by atoms with van der Waals surface area (Å²) in [4.78, 5) is 24.6. The van der Waals surface area contributed by atoms with Gasteiger partial charge in [0, 0.05) is 6.42 Å². The Morgan fingerprint density at radius 1 is 0.885 bits per heavy atom. The molecule has 1 atom stereocenters. The predicted molar refractivity (Wildman–Crippen MR) is 111 cm³/mol. The second-order valence-electron chi connectivity index (χ2n) is 9.50. The fraction of sp³-hybridized carbons (Fsp3) is 0.909. The first kappa shape index (κ1) is 29.7. The Hall–Kier alpha value is -1.06. The maximum atomic E-state index is 12.4. The number of hydrogen-bond donors (Lipinski definition) is 0. The molecule has 0 spiro atoms. The molecule has 0 aliphatic heterocycles. The lowest BCUT2D eigenvalue weighted by Gasteiger charge is -2.34. The van der Waals surface area contributed by atoms with Crippen LogP contribution in [0.5, 0.6) is 0 Å². The number of rotatable bonds is 8. The Kier molecular flexibility index (Phi) is 12.5. The van der Waals surface area contributed by atoms with Crippen molar-refractivity contribution in [2.45, 2.75) is 115 Å². The molecule has 0 rings (SSSR count). The van der Waals surface area contributed by atoms with E-state index >= 15 is 0 Å². The highest BCUT2D eigenvalue weighted by molar-refractivity contribution is 5.76. The van der Waals surface area contributed by atoms with Gasteiger partial charge in [0.2, 0.25) is 0 Å². The van der Waals surface area contributed by atoms with Crippen LogP contribution in [0.25, 0.3) is 0 Å². The van der Waals surface area contributed by atoms with E-state index in [1.165, 1.54) is 0 Å². The Labute approximate surface area is 163 Å². The molecular formula is C22H46O4. The summed E-state index contributed by atoms with van der Waals surface area (Å²) >= 11 is 0. The second kappa shape index (κ2) is 10.9. The molecule has 4 nitrogen and oxygen atoms in total. The van der Waals surface area contributed by atoms with Crippen molar-refractivity contribution >= 4 is 11.9 Å². The highest BCUT2D eigenvalue weighted by atomic mass is 16.6. The molecule has 0 aromatic heterocycles. The maximum Gasteiger partial charge on any atom is 0.311 e. The quantitative estimate of drug-likeness (QED) is 0.461. The van der Waals surface area contributed by atoms with Crippen LogP contribution in [0.3, 0.4) is 0 Å². The molecule has 0 aliphatic carbocycles. The summed E-state index contributed by atoms with van der Waals surface area (Å²) in [6.07, 6.45) is 1.72. The van der Waals surface area contributed by atoms with Gasteiger partial charge in [0.1, 0.15) is 11.7 Å². The molecule has 1 unspecified atom stereocenters. The third-order valence-electron chi connectivity index (χ3n) is 4.15. The summed E-state index contributed by atoms with van der Waals surface area (Å²) in [7, 11) is 0. The molecular weight excluding hydrogens is 328 g/mol. The Balaban J connectivity index is -0.00000264. The standard InChI is InChI=1S/C20H38O4.2CH4/c1-11-19(7,8)17(22)23-15(12-14(2)3)13-20(9,10)24-16(21)18(4,5)6;;/h14-15H,11-13H2,1-10H3;2*1H4. The van der Waals surface area contributed by atoms with E-state index in [4.69, 9.17) is 9.47 Å². The largest absolute Gasteiger partial charge is 0.462 e. The SMILES string of the molecule is C.C.CCC(C)(C)C(=O)OC(CC(C)C)CC(C)(C)OC(=O)C(C)(C)C. The van der Waals surface area contributed by atoms with Crippen molar-refractivity contribution in [3.8, 4) is 0 Å². The van der Waals surface area contributed by atoms with E-state index in [1.807, 2.05) is 55.4 Å². The number of hydrogen-bond acceptors (Lipinski definition) is 4. The minimum Gasteiger partial charge on any atom is -0.462 e. The van der Waals surface area contributed by atoms with Gasteiger partial charge in [-0.25, -0.2) is 0 Å². The van der Waals surface area contributed by atoms with Gasteiger partial charge in [0.15, 0.2) is 0 Å². The van der Waals surface area contributed by atoms with Gasteiger partial charge in [-0.05, 0) is 67.2 Å². The van der Waals surface area contributed by atoms with Crippen molar-refractivity contribution in [3.05, 3.63) is 0 Å². The Morgan fingerprint density at radius 2 is 1.35 bits per heavy atom. The molecule has 0 fully saturated rings. The first-order valence-corrected chi connectivity index (χ1v) is 9.05. The summed E-state index contributed by atoms with van der Waals surface area (Å²) in [5, 5.41) is 0. The zero-order valence-electron chi connectivity index (χ0n) is 17.4. The van der Waals surface area contributed by atoms with Crippen LogP contribution >= 0.6 is 0 Å². The maximum absolute atomic E-state index is 12.4. The molecule has 0 aliphatic rings. The molecule has 0 radical (unpaired) electrons. The van der Waals surface area contributed by atoms with Crippen LogP contribution in [0.15, 0.2) is 0 Å². The third-order valence-corrected chi connectivity index (χ3v) is 4.15. The Bertz CT molecular complexity index is 428. The fourth-order valence-electron chi connectivity index (χ4n) is 2.15. The van der Waals surface area contributed by atoms with E-state index in [-0.39, 0.29) is 32.9 Å². The molecule has 0 amide bonds. The normalized spacial score (nSPS) is 13.3. The summed E-state index contributed by atoms with van der Waals surface area (Å²) in [6.45, 7) is 19.2. The molecule has 0 heterocycles. The van der Waals surface area contributed by atoms with Gasteiger partial charge < -0.3 is 9.47 Å². The van der Waals surface area contributed by atoms with Gasteiger partial charge in [0.05, 0.1) is 10.8 Å². The lowest BCUT2D eigenvalue weighted by atomic mass is 9.89. The second-order valence-corrected chi connectivity index (χ2v) is 9.50. The monoisotopic (exact) mass is 374 g/mol.